The molecule has 0 aliphatic rings. The van der Waals surface area contributed by atoms with E-state index in [0.717, 1.165) is 24.3 Å². The Bertz CT molecular complexity index is 716. The Morgan fingerprint density at radius 3 is 2.57 bits per heavy atom. The molecule has 2 aromatic carbocycles. The van der Waals surface area contributed by atoms with Gasteiger partial charge < -0.3 is 10.4 Å². The number of carbonyl (C=O) groups is 1. The Labute approximate surface area is 122 Å². The topological polar surface area (TPSA) is 92.5 Å². The van der Waals surface area contributed by atoms with Gasteiger partial charge in [0.05, 0.1) is 4.92 Å². The molecule has 2 aromatic rings. The number of anilines is 1. The summed E-state index contributed by atoms with van der Waals surface area (Å²) in [6.07, 6.45) is 0. The summed E-state index contributed by atoms with van der Waals surface area (Å²) in [5, 5.41) is 22.5. The number of nitrogens with zero attached hydrogens (tertiary/aromatic N) is 1. The Morgan fingerprint density at radius 2 is 2.00 bits per heavy atom. The van der Waals surface area contributed by atoms with E-state index < -0.39 is 28.1 Å². The number of carbonyl (C=O) groups excluding carboxylic acids is 1. The van der Waals surface area contributed by atoms with Crippen LogP contribution in [0.5, 0.6) is 5.75 Å². The van der Waals surface area contributed by atoms with Gasteiger partial charge in [0.25, 0.3) is 5.91 Å². The van der Waals surface area contributed by atoms with Crippen LogP contribution in [0.25, 0.3) is 0 Å². The van der Waals surface area contributed by atoms with Crippen molar-refractivity contribution in [2.75, 3.05) is 5.32 Å². The molecule has 2 N–H and O–H groups in total. The second-order valence-electron chi connectivity index (χ2n) is 4.07. The highest BCUT2D eigenvalue weighted by molar-refractivity contribution is 6.31. The standard InChI is InChI=1S/C13H8ClFN2O4/c14-8-4-9(15)6-10(5-8)16-13(19)7-1-2-11(17(20)21)12(18)3-7/h1-6,18H,(H,16,19). The van der Waals surface area contributed by atoms with Gasteiger partial charge in [-0.15, -0.1) is 0 Å². The van der Waals surface area contributed by atoms with Crippen LogP contribution in [-0.4, -0.2) is 15.9 Å². The molecule has 6 nitrogen and oxygen atoms in total. The van der Waals surface area contributed by atoms with Gasteiger partial charge in [0, 0.05) is 22.3 Å². The van der Waals surface area contributed by atoms with E-state index in [0.29, 0.717) is 0 Å². The summed E-state index contributed by atoms with van der Waals surface area (Å²) in [5.41, 5.74) is -0.401. The second-order valence-corrected chi connectivity index (χ2v) is 4.51. The third-order valence-corrected chi connectivity index (χ3v) is 2.77. The second kappa shape index (κ2) is 5.76. The van der Waals surface area contributed by atoms with Gasteiger partial charge in [-0.05, 0) is 30.3 Å². The van der Waals surface area contributed by atoms with Crippen LogP contribution in [0.3, 0.4) is 0 Å². The number of nitrogens with one attached hydrogen (secondary N) is 1. The molecule has 0 bridgehead atoms. The van der Waals surface area contributed by atoms with E-state index in [9.17, 15) is 24.4 Å². The Hall–Kier alpha value is -2.67. The van der Waals surface area contributed by atoms with Crippen molar-refractivity contribution in [1.82, 2.24) is 0 Å². The van der Waals surface area contributed by atoms with Gasteiger partial charge in [0.1, 0.15) is 5.82 Å². The van der Waals surface area contributed by atoms with Crippen molar-refractivity contribution in [3.05, 3.63) is 62.9 Å². The molecule has 0 saturated carbocycles. The minimum Gasteiger partial charge on any atom is -0.502 e. The SMILES string of the molecule is O=C(Nc1cc(F)cc(Cl)c1)c1ccc([N+](=O)[O-])c(O)c1. The van der Waals surface area contributed by atoms with Crippen LogP contribution in [-0.2, 0) is 0 Å². The van der Waals surface area contributed by atoms with Crippen molar-refractivity contribution in [1.29, 1.82) is 0 Å². The van der Waals surface area contributed by atoms with Crippen LogP contribution < -0.4 is 5.32 Å². The number of rotatable bonds is 3. The van der Waals surface area contributed by atoms with E-state index in [1.165, 1.54) is 12.1 Å². The zero-order valence-electron chi connectivity index (χ0n) is 10.3. The fourth-order valence-electron chi connectivity index (χ4n) is 1.65. The van der Waals surface area contributed by atoms with E-state index in [1.54, 1.807) is 0 Å². The summed E-state index contributed by atoms with van der Waals surface area (Å²) in [6.45, 7) is 0. The summed E-state index contributed by atoms with van der Waals surface area (Å²) in [4.78, 5) is 21.7. The molecule has 0 aromatic heterocycles. The minimum atomic E-state index is -0.774. The van der Waals surface area contributed by atoms with Crippen molar-refractivity contribution in [2.45, 2.75) is 0 Å². The van der Waals surface area contributed by atoms with E-state index in [1.807, 2.05) is 0 Å². The average Bonchev–Trinajstić information content (AvgIpc) is 2.36. The first-order valence-electron chi connectivity index (χ1n) is 5.61. The number of phenolic OH excluding ortho intramolecular Hbond substituents is 1. The molecule has 0 radical (unpaired) electrons. The lowest BCUT2D eigenvalue weighted by Crippen LogP contribution is -2.12. The number of hydrogen-bond acceptors (Lipinski definition) is 4. The molecule has 0 heterocycles. The van der Waals surface area contributed by atoms with E-state index in [4.69, 9.17) is 11.6 Å². The van der Waals surface area contributed by atoms with Gasteiger partial charge >= 0.3 is 5.69 Å². The highest BCUT2D eigenvalue weighted by Crippen LogP contribution is 2.27. The molecular weight excluding hydrogens is 303 g/mol. The number of phenols is 1. The lowest BCUT2D eigenvalue weighted by atomic mass is 10.1. The fraction of sp³-hybridized carbons (Fsp3) is 0. The molecule has 0 spiro atoms. The van der Waals surface area contributed by atoms with Crippen molar-refractivity contribution in [2.24, 2.45) is 0 Å². The fourth-order valence-corrected chi connectivity index (χ4v) is 1.87. The summed E-state index contributed by atoms with van der Waals surface area (Å²) in [7, 11) is 0. The molecule has 0 unspecified atom stereocenters. The number of amides is 1. The van der Waals surface area contributed by atoms with Gasteiger partial charge in [-0.25, -0.2) is 4.39 Å². The van der Waals surface area contributed by atoms with Crippen molar-refractivity contribution in [3.8, 4) is 5.75 Å². The van der Waals surface area contributed by atoms with Gasteiger partial charge in [-0.3, -0.25) is 14.9 Å². The molecule has 2 rings (SSSR count). The number of nitro groups is 1. The highest BCUT2D eigenvalue weighted by atomic mass is 35.5. The predicted octanol–water partition coefficient (Wildman–Crippen LogP) is 3.35. The lowest BCUT2D eigenvalue weighted by Gasteiger charge is -2.06. The number of aromatic hydroxyl groups is 1. The van der Waals surface area contributed by atoms with Gasteiger partial charge in [0.15, 0.2) is 5.75 Å². The van der Waals surface area contributed by atoms with Crippen molar-refractivity contribution >= 4 is 28.9 Å². The number of halogens is 2. The summed E-state index contributed by atoms with van der Waals surface area (Å²) in [5.74, 6) is -1.92. The third-order valence-electron chi connectivity index (χ3n) is 2.55. The number of hydrogen-bond donors (Lipinski definition) is 2. The van der Waals surface area contributed by atoms with E-state index in [-0.39, 0.29) is 16.3 Å². The van der Waals surface area contributed by atoms with Crippen LogP contribution in [0.15, 0.2) is 36.4 Å². The summed E-state index contributed by atoms with van der Waals surface area (Å²) >= 11 is 5.65. The number of nitro benzene ring substituents is 1. The molecule has 0 aliphatic heterocycles. The molecule has 1 amide bonds. The normalized spacial score (nSPS) is 10.2. The van der Waals surface area contributed by atoms with Crippen molar-refractivity contribution < 1.29 is 19.2 Å². The minimum absolute atomic E-state index is 0.0153. The van der Waals surface area contributed by atoms with Gasteiger partial charge in [0.2, 0.25) is 0 Å². The lowest BCUT2D eigenvalue weighted by molar-refractivity contribution is -0.385. The van der Waals surface area contributed by atoms with E-state index in [2.05, 4.69) is 5.32 Å². The van der Waals surface area contributed by atoms with Crippen LogP contribution in [0.4, 0.5) is 15.8 Å². The van der Waals surface area contributed by atoms with Crippen LogP contribution in [0.2, 0.25) is 5.02 Å². The molecule has 0 saturated heterocycles. The molecule has 108 valence electrons. The van der Waals surface area contributed by atoms with Crippen LogP contribution >= 0.6 is 11.6 Å². The molecule has 0 aliphatic carbocycles. The molecular formula is C13H8ClFN2O4. The largest absolute Gasteiger partial charge is 0.502 e. The van der Waals surface area contributed by atoms with Crippen molar-refractivity contribution in [3.63, 3.8) is 0 Å². The Kier molecular flexibility index (Phi) is 4.04. The molecule has 0 fully saturated rings. The van der Waals surface area contributed by atoms with Gasteiger partial charge in [-0.2, -0.15) is 0 Å². The molecule has 8 heteroatoms. The third kappa shape index (κ3) is 3.46. The Morgan fingerprint density at radius 1 is 1.29 bits per heavy atom. The maximum Gasteiger partial charge on any atom is 0.310 e. The maximum absolute atomic E-state index is 13.1. The first kappa shape index (κ1) is 14.7. The zero-order valence-corrected chi connectivity index (χ0v) is 11.1. The maximum atomic E-state index is 13.1. The zero-order chi connectivity index (χ0) is 15.6. The molecule has 0 atom stereocenters. The predicted molar refractivity (Wildman–Crippen MR) is 74.1 cm³/mol. The van der Waals surface area contributed by atoms with Crippen LogP contribution in [0.1, 0.15) is 10.4 Å². The monoisotopic (exact) mass is 310 g/mol. The first-order chi connectivity index (χ1) is 9.86. The van der Waals surface area contributed by atoms with E-state index >= 15 is 0 Å². The average molecular weight is 311 g/mol. The summed E-state index contributed by atoms with van der Waals surface area (Å²) in [6, 6.07) is 6.61. The number of benzene rings is 2. The quantitative estimate of drug-likeness (QED) is 0.671. The summed E-state index contributed by atoms with van der Waals surface area (Å²) < 4.78 is 13.1. The van der Waals surface area contributed by atoms with Gasteiger partial charge in [-0.1, -0.05) is 11.6 Å². The van der Waals surface area contributed by atoms with Crippen LogP contribution in [0, 0.1) is 15.9 Å². The molecule has 21 heavy (non-hydrogen) atoms. The Balaban J connectivity index is 2.24. The first-order valence-corrected chi connectivity index (χ1v) is 5.99. The smallest absolute Gasteiger partial charge is 0.310 e. The highest BCUT2D eigenvalue weighted by Gasteiger charge is 2.16.